The van der Waals surface area contributed by atoms with Gasteiger partial charge in [-0.2, -0.15) is 0 Å². The van der Waals surface area contributed by atoms with Crippen molar-refractivity contribution >= 4 is 26.9 Å². The van der Waals surface area contributed by atoms with Gasteiger partial charge in [0.05, 0.1) is 0 Å². The molecule has 0 aliphatic carbocycles. The molecule has 0 bridgehead atoms. The molecule has 1 unspecified atom stereocenters. The summed E-state index contributed by atoms with van der Waals surface area (Å²) in [4.78, 5) is 12.1. The van der Waals surface area contributed by atoms with Crippen molar-refractivity contribution in [2.45, 2.75) is 45.3 Å². The SMILES string of the molecule is CC(C)c1cccc(OC(=O)N(C)S(=S)C(C)(C)C)c1. The zero-order valence-electron chi connectivity index (χ0n) is 13.0. The largest absolute Gasteiger partial charge is 0.425 e. The first kappa shape index (κ1) is 17.1. The maximum absolute atomic E-state index is 12.1. The number of ether oxygens (including phenoxy) is 1. The minimum atomic E-state index is -0.608. The molecule has 0 spiro atoms. The summed E-state index contributed by atoms with van der Waals surface area (Å²) in [5.41, 5.74) is 1.14. The van der Waals surface area contributed by atoms with E-state index in [9.17, 15) is 4.79 Å². The van der Waals surface area contributed by atoms with Crippen molar-refractivity contribution in [3.05, 3.63) is 29.8 Å². The van der Waals surface area contributed by atoms with E-state index in [1.54, 1.807) is 13.1 Å². The summed E-state index contributed by atoms with van der Waals surface area (Å²) in [6, 6.07) is 7.61. The van der Waals surface area contributed by atoms with Crippen molar-refractivity contribution in [1.29, 1.82) is 0 Å². The van der Waals surface area contributed by atoms with Gasteiger partial charge >= 0.3 is 6.09 Å². The zero-order valence-corrected chi connectivity index (χ0v) is 14.6. The third-order valence-electron chi connectivity index (χ3n) is 2.76. The molecule has 1 rings (SSSR count). The smallest absolute Gasteiger partial charge is 0.410 e. The van der Waals surface area contributed by atoms with E-state index in [-0.39, 0.29) is 4.75 Å². The second kappa shape index (κ2) is 6.68. The average molecular weight is 313 g/mol. The molecule has 0 fully saturated rings. The van der Waals surface area contributed by atoms with Crippen molar-refractivity contribution in [3.8, 4) is 5.75 Å². The Labute approximate surface area is 129 Å². The van der Waals surface area contributed by atoms with Crippen LogP contribution in [0.2, 0.25) is 0 Å². The first-order chi connectivity index (χ1) is 9.12. The van der Waals surface area contributed by atoms with E-state index in [0.29, 0.717) is 11.7 Å². The highest BCUT2D eigenvalue weighted by atomic mass is 32.8. The molecule has 0 heterocycles. The summed E-state index contributed by atoms with van der Waals surface area (Å²) in [5, 5.41) is 0. The average Bonchev–Trinajstić information content (AvgIpc) is 2.36. The summed E-state index contributed by atoms with van der Waals surface area (Å²) in [5.74, 6) is 0.962. The predicted molar refractivity (Wildman–Crippen MR) is 88.8 cm³/mol. The number of carbonyl (C=O) groups is 1. The van der Waals surface area contributed by atoms with E-state index in [1.165, 1.54) is 4.31 Å². The van der Waals surface area contributed by atoms with Crippen LogP contribution in [-0.2, 0) is 20.8 Å². The molecule has 0 N–H and O–H groups in total. The van der Waals surface area contributed by atoms with Crippen LogP contribution in [0.3, 0.4) is 0 Å². The summed E-state index contributed by atoms with van der Waals surface area (Å²) >= 11 is 5.41. The van der Waals surface area contributed by atoms with Crippen LogP contribution in [0, 0.1) is 0 Å². The van der Waals surface area contributed by atoms with Gasteiger partial charge in [0.1, 0.15) is 5.75 Å². The lowest BCUT2D eigenvalue weighted by molar-refractivity contribution is 0.186. The first-order valence-corrected chi connectivity index (χ1v) is 8.71. The maximum atomic E-state index is 12.1. The van der Waals surface area contributed by atoms with Crippen LogP contribution >= 0.6 is 0 Å². The second-order valence-corrected chi connectivity index (χ2v) is 9.17. The number of hydrogen-bond acceptors (Lipinski definition) is 3. The Kier molecular flexibility index (Phi) is 5.71. The number of hydrogen-bond donors (Lipinski definition) is 0. The Balaban J connectivity index is 2.81. The Morgan fingerprint density at radius 3 is 2.45 bits per heavy atom. The van der Waals surface area contributed by atoms with Gasteiger partial charge in [-0.1, -0.05) is 26.0 Å². The molecule has 0 saturated heterocycles. The Bertz CT molecular complexity index is 507. The molecular formula is C15H23NO2S2. The molecule has 0 aromatic heterocycles. The van der Waals surface area contributed by atoms with Crippen LogP contribution in [0.4, 0.5) is 4.79 Å². The number of amides is 1. The molecule has 20 heavy (non-hydrogen) atoms. The number of rotatable bonds is 3. The van der Waals surface area contributed by atoms with Gasteiger partial charge in [-0.05, 0) is 65.2 Å². The van der Waals surface area contributed by atoms with Gasteiger partial charge in [0, 0.05) is 11.8 Å². The Morgan fingerprint density at radius 1 is 1.35 bits per heavy atom. The van der Waals surface area contributed by atoms with Crippen LogP contribution in [0.5, 0.6) is 5.75 Å². The lowest BCUT2D eigenvalue weighted by Crippen LogP contribution is -2.39. The fraction of sp³-hybridized carbons (Fsp3) is 0.533. The lowest BCUT2D eigenvalue weighted by Gasteiger charge is -2.28. The molecular weight excluding hydrogens is 290 g/mol. The van der Waals surface area contributed by atoms with Gasteiger partial charge in [-0.15, -0.1) is 0 Å². The van der Waals surface area contributed by atoms with Gasteiger partial charge in [0.2, 0.25) is 0 Å². The third kappa shape index (κ3) is 4.56. The molecule has 1 aromatic carbocycles. The van der Waals surface area contributed by atoms with Crippen molar-refractivity contribution in [3.63, 3.8) is 0 Å². The lowest BCUT2D eigenvalue weighted by atomic mass is 10.0. The highest BCUT2D eigenvalue weighted by Gasteiger charge is 2.24. The van der Waals surface area contributed by atoms with Crippen LogP contribution < -0.4 is 4.74 Å². The molecule has 0 radical (unpaired) electrons. The predicted octanol–water partition coefficient (Wildman–Crippen LogP) is 4.03. The summed E-state index contributed by atoms with van der Waals surface area (Å²) < 4.78 is 6.77. The molecule has 0 aliphatic heterocycles. The molecule has 0 saturated carbocycles. The number of benzene rings is 1. The summed E-state index contributed by atoms with van der Waals surface area (Å²) in [6.07, 6.45) is -0.404. The summed E-state index contributed by atoms with van der Waals surface area (Å²) in [7, 11) is 1.08. The van der Waals surface area contributed by atoms with Crippen molar-refractivity contribution in [2.24, 2.45) is 0 Å². The van der Waals surface area contributed by atoms with Gasteiger partial charge in [-0.25, -0.2) is 4.79 Å². The first-order valence-electron chi connectivity index (χ1n) is 6.60. The third-order valence-corrected chi connectivity index (χ3v) is 6.62. The molecule has 3 nitrogen and oxygen atoms in total. The number of carbonyl (C=O) groups excluding carboxylic acids is 1. The molecule has 1 atom stereocenters. The van der Waals surface area contributed by atoms with Crippen LogP contribution in [-0.4, -0.2) is 22.2 Å². The quantitative estimate of drug-likeness (QED) is 0.843. The molecule has 1 aromatic rings. The minimum Gasteiger partial charge on any atom is -0.410 e. The maximum Gasteiger partial charge on any atom is 0.425 e. The highest BCUT2D eigenvalue weighted by Crippen LogP contribution is 2.21. The second-order valence-electron chi connectivity index (χ2n) is 5.95. The monoisotopic (exact) mass is 313 g/mol. The topological polar surface area (TPSA) is 29.5 Å². The standard InChI is InChI=1S/C15H23NO2S2/c1-11(2)12-8-7-9-13(10-12)18-14(17)16(6)20(19)15(3,4)5/h7-11H,1-6H3. The van der Waals surface area contributed by atoms with Crippen molar-refractivity contribution < 1.29 is 9.53 Å². The fourth-order valence-electron chi connectivity index (χ4n) is 1.58. The normalized spacial score (nSPS) is 13.2. The van der Waals surface area contributed by atoms with Crippen molar-refractivity contribution in [1.82, 2.24) is 4.31 Å². The van der Waals surface area contributed by atoms with Crippen molar-refractivity contribution in [2.75, 3.05) is 7.05 Å². The van der Waals surface area contributed by atoms with Crippen LogP contribution in [0.25, 0.3) is 0 Å². The van der Waals surface area contributed by atoms with E-state index in [1.807, 2.05) is 39.0 Å². The Morgan fingerprint density at radius 2 is 1.95 bits per heavy atom. The number of nitrogens with zero attached hydrogens (tertiary/aromatic N) is 1. The van der Waals surface area contributed by atoms with Gasteiger partial charge in [-0.3, -0.25) is 4.31 Å². The van der Waals surface area contributed by atoms with E-state index in [4.69, 9.17) is 15.9 Å². The zero-order chi connectivity index (χ0) is 15.5. The fourth-order valence-corrected chi connectivity index (χ4v) is 2.76. The molecule has 0 aliphatic rings. The van der Waals surface area contributed by atoms with Gasteiger partial charge in [0.25, 0.3) is 0 Å². The highest BCUT2D eigenvalue weighted by molar-refractivity contribution is 8.28. The van der Waals surface area contributed by atoms with Crippen LogP contribution in [0.1, 0.15) is 46.1 Å². The van der Waals surface area contributed by atoms with E-state index < -0.39 is 15.7 Å². The molecule has 5 heteroatoms. The van der Waals surface area contributed by atoms with Gasteiger partial charge < -0.3 is 4.74 Å². The van der Waals surface area contributed by atoms with E-state index in [0.717, 1.165) is 5.56 Å². The Hall–Kier alpha value is -0.940. The molecule has 1 amide bonds. The van der Waals surface area contributed by atoms with Gasteiger partial charge in [0.15, 0.2) is 0 Å². The minimum absolute atomic E-state index is 0.136. The molecule has 112 valence electrons. The van der Waals surface area contributed by atoms with Crippen LogP contribution in [0.15, 0.2) is 24.3 Å². The summed E-state index contributed by atoms with van der Waals surface area (Å²) in [6.45, 7) is 10.3. The van der Waals surface area contributed by atoms with E-state index in [2.05, 4.69) is 13.8 Å². The van der Waals surface area contributed by atoms with E-state index >= 15 is 0 Å².